The number of halogens is 1. The van der Waals surface area contributed by atoms with Gasteiger partial charge in [0, 0.05) is 16.9 Å². The third kappa shape index (κ3) is 2.74. The first-order chi connectivity index (χ1) is 15.6. The van der Waals surface area contributed by atoms with Gasteiger partial charge in [-0.25, -0.2) is 4.90 Å². The number of hydrogen-bond acceptors (Lipinski definition) is 2. The summed E-state index contributed by atoms with van der Waals surface area (Å²) in [6, 6.07) is 27.5. The van der Waals surface area contributed by atoms with Crippen LogP contribution in [0.15, 0.2) is 103 Å². The molecule has 3 aliphatic rings. The Morgan fingerprint density at radius 2 is 1.12 bits per heavy atom. The van der Waals surface area contributed by atoms with E-state index in [1.165, 1.54) is 10.5 Å². The van der Waals surface area contributed by atoms with Gasteiger partial charge in [-0.2, -0.15) is 0 Å². The molecular formula is C28H20ClNO2. The Bertz CT molecular complexity index is 1200. The number of carbonyl (C=O) groups excluding carboxylic acids is 2. The maximum absolute atomic E-state index is 13.5. The first-order valence-corrected chi connectivity index (χ1v) is 11.2. The van der Waals surface area contributed by atoms with Gasteiger partial charge in [-0.3, -0.25) is 9.59 Å². The molecule has 32 heavy (non-hydrogen) atoms. The van der Waals surface area contributed by atoms with E-state index < -0.39 is 0 Å². The van der Waals surface area contributed by atoms with Gasteiger partial charge in [-0.1, -0.05) is 84.4 Å². The van der Waals surface area contributed by atoms with Gasteiger partial charge in [0.15, 0.2) is 0 Å². The first kappa shape index (κ1) is 19.3. The number of benzene rings is 3. The van der Waals surface area contributed by atoms with Gasteiger partial charge < -0.3 is 0 Å². The summed E-state index contributed by atoms with van der Waals surface area (Å²) < 4.78 is 0. The Morgan fingerprint density at radius 1 is 0.656 bits per heavy atom. The Hall–Kier alpha value is -3.43. The minimum Gasteiger partial charge on any atom is -0.274 e. The second-order valence-corrected chi connectivity index (χ2v) is 8.98. The van der Waals surface area contributed by atoms with Crippen molar-refractivity contribution in [2.75, 3.05) is 4.90 Å². The van der Waals surface area contributed by atoms with Crippen molar-refractivity contribution in [2.45, 2.75) is 0 Å². The molecule has 3 aromatic rings. The highest BCUT2D eigenvalue weighted by Gasteiger charge is 2.62. The van der Waals surface area contributed by atoms with Crippen LogP contribution in [0.1, 0.15) is 11.1 Å². The second-order valence-electron chi connectivity index (χ2n) is 8.54. The monoisotopic (exact) mass is 437 g/mol. The summed E-state index contributed by atoms with van der Waals surface area (Å²) in [6.07, 6.45) is 4.26. The van der Waals surface area contributed by atoms with Crippen molar-refractivity contribution in [1.82, 2.24) is 0 Å². The van der Waals surface area contributed by atoms with Gasteiger partial charge in [0.05, 0.1) is 17.5 Å². The summed E-state index contributed by atoms with van der Waals surface area (Å²) in [7, 11) is 0. The van der Waals surface area contributed by atoms with Gasteiger partial charge in [0.2, 0.25) is 11.8 Å². The van der Waals surface area contributed by atoms with Gasteiger partial charge in [0.25, 0.3) is 0 Å². The number of fused-ring (bicyclic) bond motifs is 5. The number of rotatable bonds is 3. The van der Waals surface area contributed by atoms with Crippen molar-refractivity contribution in [2.24, 2.45) is 23.7 Å². The average molecular weight is 438 g/mol. The quantitative estimate of drug-likeness (QED) is 0.385. The van der Waals surface area contributed by atoms with E-state index in [-0.39, 0.29) is 35.5 Å². The molecule has 4 atom stereocenters. The first-order valence-electron chi connectivity index (χ1n) is 10.8. The molecule has 0 radical (unpaired) electrons. The van der Waals surface area contributed by atoms with E-state index >= 15 is 0 Å². The summed E-state index contributed by atoms with van der Waals surface area (Å²) in [6.45, 7) is 0. The summed E-state index contributed by atoms with van der Waals surface area (Å²) in [5.74, 6) is -1.09. The van der Waals surface area contributed by atoms with Crippen molar-refractivity contribution in [3.8, 4) is 0 Å². The number of imide groups is 1. The molecule has 156 valence electrons. The highest BCUT2D eigenvalue weighted by atomic mass is 35.5. The van der Waals surface area contributed by atoms with Gasteiger partial charge in [-0.05, 0) is 46.5 Å². The van der Waals surface area contributed by atoms with Gasteiger partial charge >= 0.3 is 0 Å². The maximum Gasteiger partial charge on any atom is 0.238 e. The molecule has 6 rings (SSSR count). The number of hydrogen-bond donors (Lipinski definition) is 0. The second kappa shape index (κ2) is 7.32. The number of allylic oxidation sites excluding steroid dienone is 3. The molecule has 0 aromatic heterocycles. The molecule has 2 aliphatic carbocycles. The molecule has 3 nitrogen and oxygen atoms in total. The highest BCUT2D eigenvalue weighted by Crippen LogP contribution is 2.58. The van der Waals surface area contributed by atoms with Crippen LogP contribution in [-0.4, -0.2) is 11.8 Å². The smallest absolute Gasteiger partial charge is 0.238 e. The predicted molar refractivity (Wildman–Crippen MR) is 126 cm³/mol. The fourth-order valence-corrected chi connectivity index (χ4v) is 5.78. The Kier molecular flexibility index (Phi) is 4.41. The molecule has 1 aliphatic heterocycles. The molecule has 2 fully saturated rings. The Labute approximate surface area is 191 Å². The molecule has 1 heterocycles. The molecule has 2 amide bonds. The maximum atomic E-state index is 13.5. The van der Waals surface area contributed by atoms with Crippen molar-refractivity contribution in [3.63, 3.8) is 0 Å². The third-order valence-corrected chi connectivity index (χ3v) is 7.17. The third-order valence-electron chi connectivity index (χ3n) is 6.91. The minimum atomic E-state index is -0.356. The molecule has 3 aromatic carbocycles. The topological polar surface area (TPSA) is 37.4 Å². The molecule has 0 unspecified atom stereocenters. The van der Waals surface area contributed by atoms with E-state index in [4.69, 9.17) is 11.6 Å². The molecule has 0 spiro atoms. The lowest BCUT2D eigenvalue weighted by Gasteiger charge is -2.21. The number of nitrogens with zero attached hydrogens (tertiary/aromatic N) is 1. The summed E-state index contributed by atoms with van der Waals surface area (Å²) in [4.78, 5) is 28.4. The Morgan fingerprint density at radius 3 is 1.59 bits per heavy atom. The fourth-order valence-electron chi connectivity index (χ4n) is 5.65. The lowest BCUT2D eigenvalue weighted by atomic mass is 9.85. The van der Waals surface area contributed by atoms with Crippen molar-refractivity contribution < 1.29 is 9.59 Å². The number of amides is 2. The zero-order valence-electron chi connectivity index (χ0n) is 17.2. The lowest BCUT2D eigenvalue weighted by molar-refractivity contribution is -0.122. The van der Waals surface area contributed by atoms with Crippen LogP contribution in [0.25, 0.3) is 5.57 Å². The van der Waals surface area contributed by atoms with Gasteiger partial charge in [-0.15, -0.1) is 0 Å². The molecule has 1 saturated heterocycles. The predicted octanol–water partition coefficient (Wildman–Crippen LogP) is 5.76. The fraction of sp³-hybridized carbons (Fsp3) is 0.143. The van der Waals surface area contributed by atoms with Crippen LogP contribution < -0.4 is 4.90 Å². The van der Waals surface area contributed by atoms with E-state index in [0.29, 0.717) is 10.7 Å². The van der Waals surface area contributed by atoms with Crippen LogP contribution in [0, 0.1) is 23.7 Å². The minimum absolute atomic E-state index is 0.0748. The molecular weight excluding hydrogens is 418 g/mol. The van der Waals surface area contributed by atoms with Crippen molar-refractivity contribution in [3.05, 3.63) is 119 Å². The van der Waals surface area contributed by atoms with Crippen LogP contribution >= 0.6 is 11.6 Å². The van der Waals surface area contributed by atoms with E-state index in [9.17, 15) is 9.59 Å². The van der Waals surface area contributed by atoms with Crippen LogP contribution in [0.2, 0.25) is 5.02 Å². The van der Waals surface area contributed by atoms with Gasteiger partial charge in [0.1, 0.15) is 0 Å². The zero-order valence-corrected chi connectivity index (χ0v) is 17.9. The van der Waals surface area contributed by atoms with E-state index in [1.807, 2.05) is 36.4 Å². The molecule has 0 N–H and O–H groups in total. The standard InChI is InChI=1S/C28H20ClNO2/c29-19-11-13-20(14-12-19)30-27(31)25-21-15-16-22(26(25)28(30)32)24(21)23(17-7-3-1-4-8-17)18-9-5-2-6-10-18/h1-16,21-22,25-26H/t21-,22-,25-,26-/m1/s1. The van der Waals surface area contributed by atoms with Crippen molar-refractivity contribution >= 4 is 34.7 Å². The van der Waals surface area contributed by atoms with E-state index in [0.717, 1.165) is 16.7 Å². The number of anilines is 1. The SMILES string of the molecule is O=C1[C@H]2[C@H](C(=O)N1c1ccc(Cl)cc1)[C@@H]1C=C[C@@H]2C1=C(c1ccccc1)c1ccccc1. The van der Waals surface area contributed by atoms with Crippen LogP contribution in [0.5, 0.6) is 0 Å². The summed E-state index contributed by atoms with van der Waals surface area (Å²) in [5, 5.41) is 0.579. The van der Waals surface area contributed by atoms with Crippen LogP contribution in [0.4, 0.5) is 5.69 Å². The molecule has 4 heteroatoms. The number of carbonyl (C=O) groups is 2. The highest BCUT2D eigenvalue weighted by molar-refractivity contribution is 6.31. The van der Waals surface area contributed by atoms with Crippen LogP contribution in [0.3, 0.4) is 0 Å². The normalized spacial score (nSPS) is 25.5. The molecule has 2 bridgehead atoms. The summed E-state index contributed by atoms with van der Waals surface area (Å²) >= 11 is 6.01. The average Bonchev–Trinajstić information content (AvgIpc) is 3.46. The largest absolute Gasteiger partial charge is 0.274 e. The molecule has 1 saturated carbocycles. The van der Waals surface area contributed by atoms with E-state index in [1.54, 1.807) is 24.3 Å². The van der Waals surface area contributed by atoms with Crippen molar-refractivity contribution in [1.29, 1.82) is 0 Å². The lowest BCUT2D eigenvalue weighted by Crippen LogP contribution is -2.33. The van der Waals surface area contributed by atoms with Crippen LogP contribution in [-0.2, 0) is 9.59 Å². The Balaban J connectivity index is 1.48. The van der Waals surface area contributed by atoms with E-state index in [2.05, 4.69) is 36.4 Å². The summed E-state index contributed by atoms with van der Waals surface area (Å²) in [5.41, 5.74) is 5.15. The zero-order chi connectivity index (χ0) is 21.8.